The van der Waals surface area contributed by atoms with Crippen molar-refractivity contribution in [3.8, 4) is 6.07 Å². The second-order valence-corrected chi connectivity index (χ2v) is 7.17. The lowest BCUT2D eigenvalue weighted by Crippen LogP contribution is -2.29. The lowest BCUT2D eigenvalue weighted by atomic mass is 10.1. The van der Waals surface area contributed by atoms with Crippen molar-refractivity contribution in [2.45, 2.75) is 26.2 Å². The topological polar surface area (TPSA) is 69.2 Å². The van der Waals surface area contributed by atoms with Crippen LogP contribution in [0.5, 0.6) is 0 Å². The molecule has 2 aromatic rings. The Balaban J connectivity index is 2.06. The Kier molecular flexibility index (Phi) is 4.69. The van der Waals surface area contributed by atoms with Gasteiger partial charge in [-0.1, -0.05) is 13.3 Å². The molecule has 0 bridgehead atoms. The molecule has 3 heterocycles. The number of nitrogens with two attached hydrogens (primary N) is 1. The Hall–Kier alpha value is -1.84. The summed E-state index contributed by atoms with van der Waals surface area (Å²) >= 11 is 1.41. The molecule has 3 rings (SSSR count). The largest absolute Gasteiger partial charge is 0.396 e. The number of rotatable bonds is 3. The number of pyridine rings is 1. The third-order valence-electron chi connectivity index (χ3n) is 4.43. The van der Waals surface area contributed by atoms with E-state index in [4.69, 9.17) is 10.7 Å². The molecule has 0 amide bonds. The SMILES string of the molecule is CCCc1cc(N2CCCN(C)CC2)nc2sc(C#N)c(N)c12. The molecule has 23 heavy (non-hydrogen) atoms. The number of anilines is 2. The second-order valence-electron chi connectivity index (χ2n) is 6.17. The second kappa shape index (κ2) is 6.73. The summed E-state index contributed by atoms with van der Waals surface area (Å²) in [6.45, 7) is 6.37. The Labute approximate surface area is 141 Å². The van der Waals surface area contributed by atoms with Crippen LogP contribution in [0.25, 0.3) is 10.2 Å². The maximum absolute atomic E-state index is 9.26. The fourth-order valence-corrected chi connectivity index (χ4v) is 4.11. The van der Waals surface area contributed by atoms with Gasteiger partial charge in [-0.2, -0.15) is 5.26 Å². The highest BCUT2D eigenvalue weighted by atomic mass is 32.1. The molecule has 2 N–H and O–H groups in total. The van der Waals surface area contributed by atoms with E-state index in [0.29, 0.717) is 10.6 Å². The molecule has 2 aromatic heterocycles. The molecule has 0 aliphatic carbocycles. The molecule has 0 aromatic carbocycles. The van der Waals surface area contributed by atoms with Crippen molar-refractivity contribution in [2.75, 3.05) is 43.9 Å². The number of nitrogens with zero attached hydrogens (tertiary/aromatic N) is 4. The zero-order valence-corrected chi connectivity index (χ0v) is 14.6. The predicted molar refractivity (Wildman–Crippen MR) is 97.1 cm³/mol. The molecule has 0 atom stereocenters. The highest BCUT2D eigenvalue weighted by Crippen LogP contribution is 2.36. The van der Waals surface area contributed by atoms with Crippen LogP contribution < -0.4 is 10.6 Å². The number of thiophene rings is 1. The Morgan fingerprint density at radius 2 is 2.17 bits per heavy atom. The summed E-state index contributed by atoms with van der Waals surface area (Å²) in [5.41, 5.74) is 8.00. The van der Waals surface area contributed by atoms with Crippen LogP contribution in [-0.4, -0.2) is 43.1 Å². The van der Waals surface area contributed by atoms with E-state index >= 15 is 0 Å². The average Bonchev–Trinajstić information content (AvgIpc) is 2.71. The summed E-state index contributed by atoms with van der Waals surface area (Å²) in [6, 6.07) is 4.38. The van der Waals surface area contributed by atoms with Gasteiger partial charge in [0.05, 0.1) is 5.69 Å². The average molecular weight is 329 g/mol. The third-order valence-corrected chi connectivity index (χ3v) is 5.44. The standard InChI is InChI=1S/C17H23N5S/c1-3-5-12-10-14(22-7-4-6-21(2)8-9-22)20-17-15(12)16(19)13(11-18)23-17/h10H,3-9,19H2,1-2H3. The number of hydrogen-bond acceptors (Lipinski definition) is 6. The van der Waals surface area contributed by atoms with Crippen molar-refractivity contribution >= 4 is 33.1 Å². The van der Waals surface area contributed by atoms with E-state index in [2.05, 4.69) is 35.9 Å². The molecule has 5 nitrogen and oxygen atoms in total. The monoisotopic (exact) mass is 329 g/mol. The van der Waals surface area contributed by atoms with Gasteiger partial charge in [0.15, 0.2) is 0 Å². The van der Waals surface area contributed by atoms with Crippen LogP contribution in [-0.2, 0) is 6.42 Å². The molecular weight excluding hydrogens is 306 g/mol. The molecule has 0 radical (unpaired) electrons. The summed E-state index contributed by atoms with van der Waals surface area (Å²) in [7, 11) is 2.17. The van der Waals surface area contributed by atoms with Gasteiger partial charge >= 0.3 is 0 Å². The molecule has 0 spiro atoms. The number of fused-ring (bicyclic) bond motifs is 1. The summed E-state index contributed by atoms with van der Waals surface area (Å²) in [6.07, 6.45) is 3.17. The predicted octanol–water partition coefficient (Wildman–Crippen LogP) is 2.84. The van der Waals surface area contributed by atoms with Crippen molar-refractivity contribution in [3.05, 3.63) is 16.5 Å². The fraction of sp³-hybridized carbons (Fsp3) is 0.529. The minimum atomic E-state index is 0.581. The molecule has 0 unspecified atom stereocenters. The van der Waals surface area contributed by atoms with Crippen molar-refractivity contribution in [2.24, 2.45) is 0 Å². The first-order valence-corrected chi connectivity index (χ1v) is 9.01. The smallest absolute Gasteiger partial charge is 0.130 e. The zero-order valence-electron chi connectivity index (χ0n) is 13.8. The van der Waals surface area contributed by atoms with Gasteiger partial charge in [0.2, 0.25) is 0 Å². The molecule has 1 fully saturated rings. The molecule has 1 aliphatic rings. The number of hydrogen-bond donors (Lipinski definition) is 1. The highest BCUT2D eigenvalue weighted by Gasteiger charge is 2.19. The number of nitrogen functional groups attached to an aromatic ring is 1. The van der Waals surface area contributed by atoms with E-state index in [9.17, 15) is 5.26 Å². The van der Waals surface area contributed by atoms with Gasteiger partial charge in [0, 0.05) is 25.0 Å². The van der Waals surface area contributed by atoms with E-state index in [1.165, 1.54) is 16.9 Å². The van der Waals surface area contributed by atoms with Gasteiger partial charge in [0.1, 0.15) is 21.6 Å². The van der Waals surface area contributed by atoms with Gasteiger partial charge in [-0.3, -0.25) is 0 Å². The molecule has 6 heteroatoms. The van der Waals surface area contributed by atoms with Gasteiger partial charge in [0.25, 0.3) is 0 Å². The molecular formula is C17H23N5S. The minimum Gasteiger partial charge on any atom is -0.396 e. The van der Waals surface area contributed by atoms with Crippen LogP contribution in [0, 0.1) is 11.3 Å². The van der Waals surface area contributed by atoms with Gasteiger partial charge in [-0.05, 0) is 38.1 Å². The summed E-state index contributed by atoms with van der Waals surface area (Å²) in [5, 5.41) is 10.3. The number of likely N-dealkylation sites (N-methyl/N-ethyl adjacent to an activating group) is 1. The molecule has 0 saturated carbocycles. The summed E-state index contributed by atoms with van der Waals surface area (Å²) in [4.78, 5) is 11.0. The van der Waals surface area contributed by atoms with E-state index in [-0.39, 0.29) is 0 Å². The normalized spacial score (nSPS) is 16.5. The Morgan fingerprint density at radius 1 is 1.35 bits per heavy atom. The maximum Gasteiger partial charge on any atom is 0.130 e. The highest BCUT2D eigenvalue weighted by molar-refractivity contribution is 7.19. The lowest BCUT2D eigenvalue weighted by molar-refractivity contribution is 0.360. The Bertz CT molecular complexity index is 746. The number of aryl methyl sites for hydroxylation is 1. The van der Waals surface area contributed by atoms with Crippen LogP contribution >= 0.6 is 11.3 Å². The van der Waals surface area contributed by atoms with Crippen molar-refractivity contribution in [3.63, 3.8) is 0 Å². The van der Waals surface area contributed by atoms with Crippen molar-refractivity contribution in [1.82, 2.24) is 9.88 Å². The van der Waals surface area contributed by atoms with Crippen LogP contribution in [0.4, 0.5) is 11.5 Å². The lowest BCUT2D eigenvalue weighted by Gasteiger charge is -2.22. The number of aromatic nitrogens is 1. The first-order chi connectivity index (χ1) is 11.1. The van der Waals surface area contributed by atoms with Gasteiger partial charge < -0.3 is 15.5 Å². The van der Waals surface area contributed by atoms with Crippen LogP contribution in [0.2, 0.25) is 0 Å². The third kappa shape index (κ3) is 3.12. The summed E-state index contributed by atoms with van der Waals surface area (Å²) in [5.74, 6) is 1.03. The van der Waals surface area contributed by atoms with E-state index in [0.717, 1.165) is 61.5 Å². The van der Waals surface area contributed by atoms with Crippen molar-refractivity contribution in [1.29, 1.82) is 5.26 Å². The van der Waals surface area contributed by atoms with E-state index in [1.807, 2.05) is 0 Å². The zero-order chi connectivity index (χ0) is 16.4. The van der Waals surface area contributed by atoms with Crippen LogP contribution in [0.1, 0.15) is 30.2 Å². The minimum absolute atomic E-state index is 0.581. The number of nitriles is 1. The molecule has 1 aliphatic heterocycles. The first kappa shape index (κ1) is 16.0. The first-order valence-electron chi connectivity index (χ1n) is 8.19. The fourth-order valence-electron chi connectivity index (χ4n) is 3.17. The Morgan fingerprint density at radius 3 is 2.91 bits per heavy atom. The molecule has 1 saturated heterocycles. The van der Waals surface area contributed by atoms with Crippen LogP contribution in [0.15, 0.2) is 6.07 Å². The van der Waals surface area contributed by atoms with Gasteiger partial charge in [-0.15, -0.1) is 11.3 Å². The molecule has 122 valence electrons. The van der Waals surface area contributed by atoms with Crippen LogP contribution in [0.3, 0.4) is 0 Å². The summed E-state index contributed by atoms with van der Waals surface area (Å²) < 4.78 is 0. The van der Waals surface area contributed by atoms with E-state index < -0.39 is 0 Å². The van der Waals surface area contributed by atoms with E-state index in [1.54, 1.807) is 0 Å². The maximum atomic E-state index is 9.26. The van der Waals surface area contributed by atoms with Gasteiger partial charge in [-0.25, -0.2) is 4.98 Å². The van der Waals surface area contributed by atoms with Crippen molar-refractivity contribution < 1.29 is 0 Å². The quantitative estimate of drug-likeness (QED) is 0.938.